The molecule has 0 atom stereocenters. The number of rotatable bonds is 9. The molecule has 29 heavy (non-hydrogen) atoms. The molecule has 0 aliphatic rings. The van der Waals surface area contributed by atoms with Crippen molar-refractivity contribution in [3.8, 4) is 11.5 Å². The molecule has 0 spiro atoms. The van der Waals surface area contributed by atoms with Gasteiger partial charge in [-0.25, -0.2) is 4.98 Å². The second kappa shape index (κ2) is 8.96. The predicted molar refractivity (Wildman–Crippen MR) is 113 cm³/mol. The molecule has 1 amide bonds. The number of amides is 1. The van der Waals surface area contributed by atoms with Crippen LogP contribution < -0.4 is 20.5 Å². The van der Waals surface area contributed by atoms with Crippen molar-refractivity contribution >= 4 is 17.2 Å². The van der Waals surface area contributed by atoms with Crippen LogP contribution in [0, 0.1) is 5.41 Å². The number of carbonyl (C=O) groups excluding carboxylic acids is 1. The Balaban J connectivity index is 1.77. The summed E-state index contributed by atoms with van der Waals surface area (Å²) in [6, 6.07) is 11.2. The van der Waals surface area contributed by atoms with Gasteiger partial charge in [0.2, 0.25) is 5.91 Å². The number of benzene rings is 1. The highest BCUT2D eigenvalue weighted by atomic mass is 16.5. The molecule has 0 aliphatic heterocycles. The van der Waals surface area contributed by atoms with E-state index in [1.807, 2.05) is 48.8 Å². The minimum Gasteiger partial charge on any atom is -0.493 e. The number of anilines is 1. The first kappa shape index (κ1) is 20.7. The van der Waals surface area contributed by atoms with Crippen molar-refractivity contribution in [2.75, 3.05) is 19.0 Å². The van der Waals surface area contributed by atoms with Crippen LogP contribution in [0.15, 0.2) is 48.8 Å². The third-order valence-corrected chi connectivity index (χ3v) is 5.44. The lowest BCUT2D eigenvalue weighted by Crippen LogP contribution is -2.41. The van der Waals surface area contributed by atoms with Crippen molar-refractivity contribution in [3.63, 3.8) is 0 Å². The molecule has 0 radical (unpaired) electrons. The summed E-state index contributed by atoms with van der Waals surface area (Å²) >= 11 is 0. The molecule has 0 saturated carbocycles. The Morgan fingerprint density at radius 2 is 2.00 bits per heavy atom. The summed E-state index contributed by atoms with van der Waals surface area (Å²) in [4.78, 5) is 17.3. The fourth-order valence-electron chi connectivity index (χ4n) is 3.29. The fourth-order valence-corrected chi connectivity index (χ4v) is 3.29. The lowest BCUT2D eigenvalue weighted by molar-refractivity contribution is -0.125. The second-order valence-corrected chi connectivity index (χ2v) is 7.00. The molecule has 2 heterocycles. The van der Waals surface area contributed by atoms with Crippen LogP contribution in [0.1, 0.15) is 32.4 Å². The van der Waals surface area contributed by atoms with E-state index in [-0.39, 0.29) is 12.5 Å². The van der Waals surface area contributed by atoms with Gasteiger partial charge in [0, 0.05) is 30.7 Å². The molecular weight excluding hydrogens is 368 g/mol. The van der Waals surface area contributed by atoms with Gasteiger partial charge in [0.1, 0.15) is 12.3 Å². The van der Waals surface area contributed by atoms with Crippen molar-refractivity contribution in [3.05, 3.63) is 54.5 Å². The van der Waals surface area contributed by atoms with Crippen molar-refractivity contribution in [1.82, 2.24) is 9.38 Å². The molecule has 3 rings (SSSR count). The molecule has 7 heteroatoms. The summed E-state index contributed by atoms with van der Waals surface area (Å²) < 4.78 is 13.3. The van der Waals surface area contributed by atoms with Gasteiger partial charge in [-0.2, -0.15) is 0 Å². The molecule has 2 aromatic heterocycles. The number of methoxy groups -OCH3 is 1. The summed E-state index contributed by atoms with van der Waals surface area (Å²) in [5.74, 6) is 1.04. The monoisotopic (exact) mass is 396 g/mol. The summed E-state index contributed by atoms with van der Waals surface area (Å²) in [6.45, 7) is 4.55. The largest absolute Gasteiger partial charge is 0.493 e. The van der Waals surface area contributed by atoms with Crippen LogP contribution >= 0.6 is 0 Å². The average Bonchev–Trinajstić information content (AvgIpc) is 3.17. The maximum atomic E-state index is 12.8. The Morgan fingerprint density at radius 3 is 2.66 bits per heavy atom. The normalized spacial score (nSPS) is 11.4. The summed E-state index contributed by atoms with van der Waals surface area (Å²) in [7, 11) is 1.58. The highest BCUT2D eigenvalue weighted by molar-refractivity contribution is 5.95. The molecule has 0 fully saturated rings. The van der Waals surface area contributed by atoms with E-state index in [4.69, 9.17) is 15.2 Å². The van der Waals surface area contributed by atoms with Gasteiger partial charge in [-0.1, -0.05) is 19.9 Å². The molecule has 3 N–H and O–H groups in total. The summed E-state index contributed by atoms with van der Waals surface area (Å²) in [5, 5.41) is 2.97. The van der Waals surface area contributed by atoms with E-state index in [0.29, 0.717) is 36.6 Å². The van der Waals surface area contributed by atoms with E-state index in [1.54, 1.807) is 25.3 Å². The van der Waals surface area contributed by atoms with E-state index >= 15 is 0 Å². The highest BCUT2D eigenvalue weighted by Crippen LogP contribution is 2.33. The zero-order chi connectivity index (χ0) is 20.9. The Morgan fingerprint density at radius 1 is 1.21 bits per heavy atom. The molecule has 0 saturated heterocycles. The number of fused-ring (bicyclic) bond motifs is 1. The second-order valence-electron chi connectivity index (χ2n) is 7.00. The van der Waals surface area contributed by atoms with Crippen LogP contribution in [0.2, 0.25) is 0 Å². The number of ether oxygens (including phenoxy) is 2. The lowest BCUT2D eigenvalue weighted by atomic mass is 9.81. The number of aromatic nitrogens is 2. The van der Waals surface area contributed by atoms with Crippen LogP contribution in [0.3, 0.4) is 0 Å². The van der Waals surface area contributed by atoms with E-state index in [1.165, 1.54) is 0 Å². The van der Waals surface area contributed by atoms with Gasteiger partial charge < -0.3 is 24.9 Å². The maximum absolute atomic E-state index is 12.8. The molecule has 1 aromatic carbocycles. The Hall–Kier alpha value is -3.06. The van der Waals surface area contributed by atoms with Crippen LogP contribution in [0.4, 0.5) is 5.69 Å². The standard InChI is InChI=1S/C22H28N4O3/c1-4-22(5-2,15-23)21(27)25-16-9-10-18(28-3)19(12-16)29-14-17-13-26-11-7-6-8-20(26)24-17/h6-13H,4-5,14-15,23H2,1-3H3,(H,25,27). The molecule has 0 aliphatic carbocycles. The Labute approximate surface area is 170 Å². The number of nitrogens with zero attached hydrogens (tertiary/aromatic N) is 2. The number of carbonyl (C=O) groups is 1. The smallest absolute Gasteiger partial charge is 0.231 e. The molecule has 0 unspecified atom stereocenters. The molecule has 154 valence electrons. The topological polar surface area (TPSA) is 90.9 Å². The number of nitrogens with one attached hydrogen (secondary N) is 1. The fraction of sp³-hybridized carbons (Fsp3) is 0.364. The van der Waals surface area contributed by atoms with Crippen molar-refractivity contribution in [2.45, 2.75) is 33.3 Å². The van der Waals surface area contributed by atoms with Gasteiger partial charge in [-0.15, -0.1) is 0 Å². The van der Waals surface area contributed by atoms with Crippen LogP contribution in [-0.4, -0.2) is 28.9 Å². The zero-order valence-electron chi connectivity index (χ0n) is 17.1. The van der Waals surface area contributed by atoms with E-state index in [2.05, 4.69) is 10.3 Å². The zero-order valence-corrected chi connectivity index (χ0v) is 17.1. The van der Waals surface area contributed by atoms with E-state index in [9.17, 15) is 4.79 Å². The van der Waals surface area contributed by atoms with E-state index < -0.39 is 5.41 Å². The number of hydrogen-bond donors (Lipinski definition) is 2. The molecule has 7 nitrogen and oxygen atoms in total. The number of imidazole rings is 1. The number of hydrogen-bond acceptors (Lipinski definition) is 5. The molecule has 3 aromatic rings. The first-order valence-corrected chi connectivity index (χ1v) is 9.80. The van der Waals surface area contributed by atoms with Gasteiger partial charge in [-0.05, 0) is 37.1 Å². The van der Waals surface area contributed by atoms with Crippen molar-refractivity contribution in [1.29, 1.82) is 0 Å². The minimum absolute atomic E-state index is 0.0820. The van der Waals surface area contributed by atoms with Gasteiger partial charge >= 0.3 is 0 Å². The SMILES string of the molecule is CCC(CC)(CN)C(=O)Nc1ccc(OC)c(OCc2cn3ccccc3n2)c1. The maximum Gasteiger partial charge on any atom is 0.231 e. The molecule has 0 bridgehead atoms. The van der Waals surface area contributed by atoms with Crippen molar-refractivity contribution in [2.24, 2.45) is 11.1 Å². The Kier molecular flexibility index (Phi) is 6.39. The van der Waals surface area contributed by atoms with Crippen LogP contribution in [0.25, 0.3) is 5.65 Å². The minimum atomic E-state index is -0.572. The van der Waals surface area contributed by atoms with Crippen molar-refractivity contribution < 1.29 is 14.3 Å². The van der Waals surface area contributed by atoms with Gasteiger partial charge in [0.15, 0.2) is 11.5 Å². The lowest BCUT2D eigenvalue weighted by Gasteiger charge is -2.28. The summed E-state index contributed by atoms with van der Waals surface area (Å²) in [5.41, 5.74) is 7.61. The molecular formula is C22H28N4O3. The number of nitrogens with two attached hydrogens (primary N) is 1. The van der Waals surface area contributed by atoms with Gasteiger partial charge in [0.25, 0.3) is 0 Å². The van der Waals surface area contributed by atoms with Gasteiger partial charge in [0.05, 0.1) is 18.2 Å². The predicted octanol–water partition coefficient (Wildman–Crippen LogP) is 3.63. The van der Waals surface area contributed by atoms with E-state index in [0.717, 1.165) is 11.3 Å². The first-order valence-electron chi connectivity index (χ1n) is 9.80. The third kappa shape index (κ3) is 4.35. The third-order valence-electron chi connectivity index (χ3n) is 5.44. The Bertz CT molecular complexity index is 938. The average molecular weight is 396 g/mol. The van der Waals surface area contributed by atoms with Gasteiger partial charge in [-0.3, -0.25) is 4.79 Å². The quantitative estimate of drug-likeness (QED) is 0.576. The number of pyridine rings is 1. The van der Waals surface area contributed by atoms with Crippen LogP contribution in [0.5, 0.6) is 11.5 Å². The first-order chi connectivity index (χ1) is 14.0. The van der Waals surface area contributed by atoms with Crippen LogP contribution in [-0.2, 0) is 11.4 Å². The highest BCUT2D eigenvalue weighted by Gasteiger charge is 2.33. The summed E-state index contributed by atoms with van der Waals surface area (Å²) in [6.07, 6.45) is 5.22.